The molecule has 2 aliphatic heterocycles. The lowest BCUT2D eigenvalue weighted by molar-refractivity contribution is -0.137. The summed E-state index contributed by atoms with van der Waals surface area (Å²) in [5.74, 6) is -1.38. The lowest BCUT2D eigenvalue weighted by Crippen LogP contribution is -2.54. The van der Waals surface area contributed by atoms with Gasteiger partial charge in [0.05, 0.1) is 49.2 Å². The third kappa shape index (κ3) is 17.1. The number of rotatable bonds is 31. The lowest BCUT2D eigenvalue weighted by atomic mass is 10.0. The molecule has 9 N–H and O–H groups in total. The molecule has 406 valence electrons. The molecule has 6 rings (SSSR count). The van der Waals surface area contributed by atoms with E-state index in [2.05, 4.69) is 41.8 Å². The number of nitrogens with one attached hydrogen (secondary N) is 7. The molecular weight excluding hydrogens is 965 g/mol. The number of amides is 8. The van der Waals surface area contributed by atoms with Crippen molar-refractivity contribution in [2.45, 2.75) is 129 Å². The molecule has 8 amide bonds. The summed E-state index contributed by atoms with van der Waals surface area (Å²) in [6.07, 6.45) is 6.43. The molecule has 0 bridgehead atoms. The number of carbonyl (C=O) groups is 7. The summed E-state index contributed by atoms with van der Waals surface area (Å²) in [6.45, 7) is 13.5. The van der Waals surface area contributed by atoms with Crippen molar-refractivity contribution in [3.8, 4) is 0 Å². The first-order valence-electron chi connectivity index (χ1n) is 25.9. The van der Waals surface area contributed by atoms with E-state index in [1.807, 2.05) is 57.2 Å². The summed E-state index contributed by atoms with van der Waals surface area (Å²) in [4.78, 5) is 99.2. The van der Waals surface area contributed by atoms with Crippen LogP contribution in [-0.2, 0) is 62.7 Å². The predicted molar refractivity (Wildman–Crippen MR) is 283 cm³/mol. The Morgan fingerprint density at radius 3 is 2.35 bits per heavy atom. The molecule has 0 radical (unpaired) electrons. The van der Waals surface area contributed by atoms with Crippen molar-refractivity contribution < 1.29 is 47.8 Å². The van der Waals surface area contributed by atoms with Gasteiger partial charge in [0.25, 0.3) is 11.8 Å². The second kappa shape index (κ2) is 28.2. The standard InChI is InChI=1S/C53H74N12O10/c1-6-73-31-41-61-46-47(37-14-9-10-15-38(37)59-48(46)63-49(69)39-16-12-25-56-39)65(41)32-53(4,5)75-29-27-55-33-74-30-35-19-21-36(22-20-35)58-50(70)40(17-13-26-57-52(54)72)60-51(71)45(34(2)3)62-42(66)18-8-7-11-28-64-43(67)23-24-44(64)68/h9-10,14-15,19-24,34,39-40,45,55-56H,6-8,11-13,16-18,25-33H2,1-5H3,(H,58,70)(H,60,71)(H,62,66)(H3,54,57,72)(H,59,63,69)/t39-,40-,45-/m0/s1. The van der Waals surface area contributed by atoms with Crippen LogP contribution < -0.4 is 43.0 Å². The van der Waals surface area contributed by atoms with Crippen molar-refractivity contribution in [3.63, 3.8) is 0 Å². The number of benzene rings is 2. The first kappa shape index (κ1) is 57.4. The second-order valence-corrected chi connectivity index (χ2v) is 19.6. The Kier molecular flexibility index (Phi) is 21.6. The number of anilines is 2. The largest absolute Gasteiger partial charge is 0.374 e. The van der Waals surface area contributed by atoms with E-state index < -0.39 is 35.5 Å². The average Bonchev–Trinajstić information content (AvgIpc) is 4.13. The number of fused-ring (bicyclic) bond motifs is 3. The Hall–Kier alpha value is -6.85. The zero-order valence-corrected chi connectivity index (χ0v) is 43.8. The zero-order chi connectivity index (χ0) is 53.9. The Balaban J connectivity index is 0.957. The van der Waals surface area contributed by atoms with Gasteiger partial charge in [0.1, 0.15) is 30.0 Å². The van der Waals surface area contributed by atoms with Crippen LogP contribution in [-0.4, -0.2) is 131 Å². The highest BCUT2D eigenvalue weighted by Crippen LogP contribution is 2.32. The van der Waals surface area contributed by atoms with Crippen molar-refractivity contribution in [2.24, 2.45) is 11.7 Å². The van der Waals surface area contributed by atoms with Crippen molar-refractivity contribution in [2.75, 3.05) is 56.8 Å². The van der Waals surface area contributed by atoms with Gasteiger partial charge in [-0.05, 0) is 95.5 Å². The van der Waals surface area contributed by atoms with Crippen LogP contribution in [0.2, 0.25) is 0 Å². The van der Waals surface area contributed by atoms with E-state index >= 15 is 0 Å². The van der Waals surface area contributed by atoms with Gasteiger partial charge < -0.3 is 56.4 Å². The average molecular weight is 1040 g/mol. The smallest absolute Gasteiger partial charge is 0.312 e. The zero-order valence-electron chi connectivity index (χ0n) is 43.8. The van der Waals surface area contributed by atoms with Gasteiger partial charge >= 0.3 is 6.03 Å². The SMILES string of the molecule is CCOCc1nc2c(NC(=O)[C@@H]3CCCN3)nc3ccccc3c2n1CC(C)(C)OCCNCOCc1ccc(NC(=O)[C@H](CCCNC(N)=O)NC(=O)[C@@H](NC(=O)CCCCCN2C(=O)C=CC2=O)C(C)C)cc1. The maximum absolute atomic E-state index is 13.6. The number of hydrogen-bond acceptors (Lipinski definition) is 14. The molecule has 0 spiro atoms. The summed E-state index contributed by atoms with van der Waals surface area (Å²) in [5.41, 5.74) is 8.11. The number of ether oxygens (including phenoxy) is 3. The highest BCUT2D eigenvalue weighted by molar-refractivity contribution is 6.13. The summed E-state index contributed by atoms with van der Waals surface area (Å²) >= 11 is 0. The monoisotopic (exact) mass is 1040 g/mol. The van der Waals surface area contributed by atoms with Gasteiger partial charge in [0.15, 0.2) is 5.82 Å². The maximum Gasteiger partial charge on any atom is 0.312 e. The van der Waals surface area contributed by atoms with Gasteiger partial charge in [0, 0.05) is 55.9 Å². The minimum absolute atomic E-state index is 0.130. The van der Waals surface area contributed by atoms with Crippen molar-refractivity contribution in [3.05, 3.63) is 72.1 Å². The fourth-order valence-corrected chi connectivity index (χ4v) is 8.82. The maximum atomic E-state index is 13.6. The van der Waals surface area contributed by atoms with Gasteiger partial charge in [-0.1, -0.05) is 50.6 Å². The van der Waals surface area contributed by atoms with Gasteiger partial charge in [-0.15, -0.1) is 0 Å². The molecule has 2 aromatic heterocycles. The first-order chi connectivity index (χ1) is 36.0. The number of aromatic nitrogens is 3. The predicted octanol–water partition coefficient (Wildman–Crippen LogP) is 3.87. The minimum Gasteiger partial charge on any atom is -0.374 e. The number of imidazole rings is 1. The summed E-state index contributed by atoms with van der Waals surface area (Å²) in [6, 6.07) is 12.0. The van der Waals surface area contributed by atoms with Crippen LogP contribution in [0.5, 0.6) is 0 Å². The number of carbonyl (C=O) groups excluding carboxylic acids is 7. The van der Waals surface area contributed by atoms with E-state index in [9.17, 15) is 33.6 Å². The van der Waals surface area contributed by atoms with Gasteiger partial charge in [-0.2, -0.15) is 0 Å². The lowest BCUT2D eigenvalue weighted by Gasteiger charge is -2.27. The van der Waals surface area contributed by atoms with Crippen LogP contribution in [0, 0.1) is 5.92 Å². The van der Waals surface area contributed by atoms with Crippen molar-refractivity contribution in [1.29, 1.82) is 0 Å². The molecule has 75 heavy (non-hydrogen) atoms. The number of pyridine rings is 1. The number of para-hydroxylation sites is 1. The van der Waals surface area contributed by atoms with E-state index in [-0.39, 0.29) is 74.9 Å². The van der Waals surface area contributed by atoms with Crippen LogP contribution >= 0.6 is 0 Å². The number of hydrogen-bond donors (Lipinski definition) is 8. The fourth-order valence-electron chi connectivity index (χ4n) is 8.82. The molecule has 22 heteroatoms. The molecule has 1 fully saturated rings. The molecule has 0 unspecified atom stereocenters. The van der Waals surface area contributed by atoms with E-state index in [0.717, 1.165) is 46.3 Å². The molecule has 22 nitrogen and oxygen atoms in total. The highest BCUT2D eigenvalue weighted by Gasteiger charge is 2.31. The fraction of sp³-hybridized carbons (Fsp3) is 0.528. The quantitative estimate of drug-likeness (QED) is 0.0202. The van der Waals surface area contributed by atoms with Gasteiger partial charge in [0.2, 0.25) is 23.6 Å². The molecule has 3 atom stereocenters. The normalized spacial score (nSPS) is 15.4. The van der Waals surface area contributed by atoms with Crippen LogP contribution in [0.4, 0.5) is 16.3 Å². The number of primary amides is 1. The number of unbranched alkanes of at least 4 members (excludes halogenated alkanes) is 2. The summed E-state index contributed by atoms with van der Waals surface area (Å²) in [7, 11) is 0. The van der Waals surface area contributed by atoms with Crippen LogP contribution in [0.25, 0.3) is 21.9 Å². The molecule has 4 aromatic rings. The van der Waals surface area contributed by atoms with Crippen LogP contribution in [0.3, 0.4) is 0 Å². The molecule has 0 saturated carbocycles. The number of imide groups is 1. The van der Waals surface area contributed by atoms with Crippen molar-refractivity contribution in [1.82, 2.24) is 46.0 Å². The summed E-state index contributed by atoms with van der Waals surface area (Å²) in [5, 5.41) is 21.4. The van der Waals surface area contributed by atoms with Gasteiger partial charge in [-0.25, -0.2) is 14.8 Å². The van der Waals surface area contributed by atoms with E-state index in [1.165, 1.54) is 12.2 Å². The Morgan fingerprint density at radius 1 is 0.880 bits per heavy atom. The second-order valence-electron chi connectivity index (χ2n) is 19.6. The molecule has 2 aliphatic rings. The van der Waals surface area contributed by atoms with Crippen molar-refractivity contribution >= 4 is 74.9 Å². The number of urea groups is 1. The van der Waals surface area contributed by atoms with E-state index in [0.29, 0.717) is 81.4 Å². The van der Waals surface area contributed by atoms with Gasteiger partial charge in [-0.3, -0.25) is 39.0 Å². The Labute approximate surface area is 437 Å². The van der Waals surface area contributed by atoms with E-state index in [1.54, 1.807) is 26.0 Å². The highest BCUT2D eigenvalue weighted by atomic mass is 16.5. The molecule has 2 aromatic carbocycles. The molecule has 1 saturated heterocycles. The Bertz CT molecular complexity index is 2630. The topological polar surface area (TPSA) is 291 Å². The molecular formula is C53H74N12O10. The third-order valence-electron chi connectivity index (χ3n) is 12.8. The Morgan fingerprint density at radius 2 is 1.64 bits per heavy atom. The minimum atomic E-state index is -1.01. The number of nitrogens with two attached hydrogens (primary N) is 1. The van der Waals surface area contributed by atoms with Crippen LogP contribution in [0.1, 0.15) is 97.4 Å². The van der Waals surface area contributed by atoms with E-state index in [4.69, 9.17) is 29.9 Å². The van der Waals surface area contributed by atoms with Crippen LogP contribution in [0.15, 0.2) is 60.7 Å². The molecule has 4 heterocycles. The molecule has 0 aliphatic carbocycles. The first-order valence-corrected chi connectivity index (χ1v) is 25.9. The number of nitrogens with zero attached hydrogens (tertiary/aromatic N) is 4. The summed E-state index contributed by atoms with van der Waals surface area (Å²) < 4.78 is 20.3. The third-order valence-corrected chi connectivity index (χ3v) is 12.8.